The van der Waals surface area contributed by atoms with Crippen LogP contribution in [0.2, 0.25) is 0 Å². The Hall–Kier alpha value is -1.72. The summed E-state index contributed by atoms with van der Waals surface area (Å²) in [6.45, 7) is 3.97. The number of carbonyl (C=O) groups is 4. The number of amides is 2. The number of hydrogen-bond donors (Lipinski definition) is 1. The standard InChI is InChI=1S/C25H38N2O4/c1-15(18-7-4-3-5-8-18)25(31)27-14-19-9-6-10-20(19)22(27)24(30)26-21(13-17-11-12-17)23(29)16(2)28/h15,17-22H,3-14H2,1-2H3,(H,26,30)/t15-,19-,20-,21?,22-/m0/s1. The predicted molar refractivity (Wildman–Crippen MR) is 117 cm³/mol. The molecule has 172 valence electrons. The van der Waals surface area contributed by atoms with Crippen LogP contribution in [0.15, 0.2) is 0 Å². The van der Waals surface area contributed by atoms with Crippen LogP contribution in [-0.4, -0.2) is 46.9 Å². The first-order valence-electron chi connectivity index (χ1n) is 12.5. The first-order valence-corrected chi connectivity index (χ1v) is 12.5. The van der Waals surface area contributed by atoms with Gasteiger partial charge < -0.3 is 10.2 Å². The monoisotopic (exact) mass is 430 g/mol. The van der Waals surface area contributed by atoms with E-state index in [0.29, 0.717) is 30.7 Å². The molecule has 0 bridgehead atoms. The summed E-state index contributed by atoms with van der Waals surface area (Å²) in [5.41, 5.74) is 0. The lowest BCUT2D eigenvalue weighted by atomic mass is 9.80. The van der Waals surface area contributed by atoms with Gasteiger partial charge in [-0.1, -0.05) is 45.4 Å². The SMILES string of the molecule is CC(=O)C(=O)C(CC1CC1)NC(=O)[C@@H]1[C@H]2CCC[C@H]2CN1C(=O)[C@@H](C)C1CCCCC1. The molecule has 1 heterocycles. The zero-order chi connectivity index (χ0) is 22.1. The van der Waals surface area contributed by atoms with E-state index in [-0.39, 0.29) is 23.7 Å². The van der Waals surface area contributed by atoms with Crippen molar-refractivity contribution >= 4 is 23.4 Å². The molecule has 4 rings (SSSR count). The smallest absolute Gasteiger partial charge is 0.243 e. The summed E-state index contributed by atoms with van der Waals surface area (Å²) in [4.78, 5) is 53.1. The van der Waals surface area contributed by atoms with Gasteiger partial charge >= 0.3 is 0 Å². The molecule has 5 atom stereocenters. The second-order valence-electron chi connectivity index (χ2n) is 10.6. The molecule has 0 aromatic carbocycles. The van der Waals surface area contributed by atoms with E-state index in [9.17, 15) is 19.2 Å². The highest BCUT2D eigenvalue weighted by Gasteiger charge is 2.51. The van der Waals surface area contributed by atoms with Crippen LogP contribution in [-0.2, 0) is 19.2 Å². The van der Waals surface area contributed by atoms with Gasteiger partial charge in [0.1, 0.15) is 6.04 Å². The number of nitrogens with zero attached hydrogens (tertiary/aromatic N) is 1. The van der Waals surface area contributed by atoms with Gasteiger partial charge in [0.05, 0.1) is 6.04 Å². The number of hydrogen-bond acceptors (Lipinski definition) is 4. The highest BCUT2D eigenvalue weighted by Crippen LogP contribution is 2.44. The molecule has 1 aliphatic heterocycles. The molecule has 3 saturated carbocycles. The van der Waals surface area contributed by atoms with Crippen LogP contribution in [0.4, 0.5) is 0 Å². The summed E-state index contributed by atoms with van der Waals surface area (Å²) in [5, 5.41) is 2.92. The van der Waals surface area contributed by atoms with Crippen molar-refractivity contribution in [3.05, 3.63) is 0 Å². The van der Waals surface area contributed by atoms with Crippen LogP contribution in [0.5, 0.6) is 0 Å². The quantitative estimate of drug-likeness (QED) is 0.599. The van der Waals surface area contributed by atoms with E-state index in [1.165, 1.54) is 26.2 Å². The van der Waals surface area contributed by atoms with Gasteiger partial charge in [-0.3, -0.25) is 19.2 Å². The zero-order valence-corrected chi connectivity index (χ0v) is 19.1. The summed E-state index contributed by atoms with van der Waals surface area (Å²) in [6, 6.07) is -1.24. The van der Waals surface area contributed by atoms with Crippen LogP contribution >= 0.6 is 0 Å². The molecule has 0 spiro atoms. The molecule has 6 nitrogen and oxygen atoms in total. The first kappa shape index (κ1) is 22.5. The minimum absolute atomic E-state index is 0.0597. The number of carbonyl (C=O) groups excluding carboxylic acids is 4. The summed E-state index contributed by atoms with van der Waals surface area (Å²) < 4.78 is 0. The van der Waals surface area contributed by atoms with Crippen LogP contribution in [0.1, 0.15) is 84.5 Å². The van der Waals surface area contributed by atoms with Crippen LogP contribution in [0.25, 0.3) is 0 Å². The van der Waals surface area contributed by atoms with E-state index in [2.05, 4.69) is 5.32 Å². The summed E-state index contributed by atoms with van der Waals surface area (Å²) in [6.07, 6.45) is 11.6. The van der Waals surface area contributed by atoms with Crippen molar-refractivity contribution in [1.82, 2.24) is 10.2 Å². The predicted octanol–water partition coefficient (Wildman–Crippen LogP) is 3.27. The fourth-order valence-corrected chi connectivity index (χ4v) is 6.39. The third-order valence-corrected chi connectivity index (χ3v) is 8.43. The minimum Gasteiger partial charge on any atom is -0.344 e. The maximum Gasteiger partial charge on any atom is 0.243 e. The molecule has 4 fully saturated rings. The van der Waals surface area contributed by atoms with Crippen LogP contribution in [0.3, 0.4) is 0 Å². The molecule has 1 N–H and O–H groups in total. The average Bonchev–Trinajstić information content (AvgIpc) is 3.34. The van der Waals surface area contributed by atoms with Gasteiger partial charge in [0.2, 0.25) is 17.6 Å². The van der Waals surface area contributed by atoms with Crippen molar-refractivity contribution in [2.75, 3.05) is 6.54 Å². The molecular weight excluding hydrogens is 392 g/mol. The highest BCUT2D eigenvalue weighted by molar-refractivity contribution is 6.38. The number of Topliss-reactive ketones (excluding diaryl/α,β-unsaturated/α-hetero) is 2. The molecule has 3 aliphatic carbocycles. The molecule has 1 unspecified atom stereocenters. The Morgan fingerprint density at radius 2 is 1.65 bits per heavy atom. The highest BCUT2D eigenvalue weighted by atomic mass is 16.2. The first-order chi connectivity index (χ1) is 14.9. The minimum atomic E-state index is -0.745. The molecule has 0 aromatic rings. The number of ketones is 2. The molecule has 0 aromatic heterocycles. The van der Waals surface area contributed by atoms with Gasteiger partial charge in [0.15, 0.2) is 5.78 Å². The number of rotatable bonds is 8. The fourth-order valence-electron chi connectivity index (χ4n) is 6.39. The summed E-state index contributed by atoms with van der Waals surface area (Å²) in [7, 11) is 0. The van der Waals surface area contributed by atoms with E-state index < -0.39 is 23.7 Å². The lowest BCUT2D eigenvalue weighted by Gasteiger charge is -2.34. The largest absolute Gasteiger partial charge is 0.344 e. The van der Waals surface area contributed by atoms with Crippen molar-refractivity contribution in [3.8, 4) is 0 Å². The van der Waals surface area contributed by atoms with E-state index in [0.717, 1.165) is 44.9 Å². The lowest BCUT2D eigenvalue weighted by Crippen LogP contribution is -2.54. The second-order valence-corrected chi connectivity index (χ2v) is 10.6. The summed E-state index contributed by atoms with van der Waals surface area (Å²) >= 11 is 0. The Balaban J connectivity index is 1.49. The Bertz CT molecular complexity index is 725. The molecular formula is C25H38N2O4. The third kappa shape index (κ3) is 4.88. The molecule has 0 radical (unpaired) electrons. The third-order valence-electron chi connectivity index (χ3n) is 8.43. The maximum absolute atomic E-state index is 13.5. The molecule has 1 saturated heterocycles. The summed E-state index contributed by atoms with van der Waals surface area (Å²) in [5.74, 6) is 0.199. The average molecular weight is 431 g/mol. The fraction of sp³-hybridized carbons (Fsp3) is 0.840. The van der Waals surface area contributed by atoms with Gasteiger partial charge in [-0.2, -0.15) is 0 Å². The maximum atomic E-state index is 13.5. The topological polar surface area (TPSA) is 83.6 Å². The molecule has 2 amide bonds. The van der Waals surface area contributed by atoms with Gasteiger partial charge in [0.25, 0.3) is 0 Å². The number of likely N-dealkylation sites (tertiary alicyclic amines) is 1. The van der Waals surface area contributed by atoms with Crippen molar-refractivity contribution in [2.24, 2.45) is 29.6 Å². The Morgan fingerprint density at radius 1 is 0.935 bits per heavy atom. The lowest BCUT2D eigenvalue weighted by molar-refractivity contribution is -0.145. The van der Waals surface area contributed by atoms with Crippen molar-refractivity contribution < 1.29 is 19.2 Å². The van der Waals surface area contributed by atoms with Crippen molar-refractivity contribution in [3.63, 3.8) is 0 Å². The van der Waals surface area contributed by atoms with E-state index >= 15 is 0 Å². The van der Waals surface area contributed by atoms with Gasteiger partial charge in [-0.15, -0.1) is 0 Å². The Morgan fingerprint density at radius 3 is 2.29 bits per heavy atom. The molecule has 31 heavy (non-hydrogen) atoms. The van der Waals surface area contributed by atoms with Crippen molar-refractivity contribution in [2.45, 2.75) is 96.6 Å². The normalized spacial score (nSPS) is 30.5. The Kier molecular flexibility index (Phi) is 6.83. The van der Waals surface area contributed by atoms with Crippen LogP contribution in [0, 0.1) is 29.6 Å². The second kappa shape index (κ2) is 9.41. The zero-order valence-electron chi connectivity index (χ0n) is 19.1. The number of nitrogens with one attached hydrogen (secondary N) is 1. The van der Waals surface area contributed by atoms with Crippen LogP contribution < -0.4 is 5.32 Å². The number of fused-ring (bicyclic) bond motifs is 1. The molecule has 6 heteroatoms. The van der Waals surface area contributed by atoms with Gasteiger partial charge in [0, 0.05) is 19.4 Å². The van der Waals surface area contributed by atoms with Crippen molar-refractivity contribution in [1.29, 1.82) is 0 Å². The van der Waals surface area contributed by atoms with E-state index in [4.69, 9.17) is 0 Å². The van der Waals surface area contributed by atoms with Gasteiger partial charge in [-0.05, 0) is 55.8 Å². The Labute approximate surface area is 185 Å². The molecule has 4 aliphatic rings. The van der Waals surface area contributed by atoms with Gasteiger partial charge in [-0.25, -0.2) is 0 Å². The van der Waals surface area contributed by atoms with E-state index in [1.807, 2.05) is 11.8 Å². The van der Waals surface area contributed by atoms with E-state index in [1.54, 1.807) is 0 Å².